The Balaban J connectivity index is 2.13. The number of hydrogen-bond donors (Lipinski definition) is 1. The number of likely N-dealkylation sites (tertiary alicyclic amines) is 1. The van der Waals surface area contributed by atoms with Gasteiger partial charge in [-0.2, -0.15) is 0 Å². The lowest BCUT2D eigenvalue weighted by molar-refractivity contribution is -0.140. The quantitative estimate of drug-likeness (QED) is 0.858. The minimum atomic E-state index is -0.453. The van der Waals surface area contributed by atoms with E-state index in [1.165, 1.54) is 4.90 Å². The number of hydrogen-bond acceptors (Lipinski definition) is 3. The molecule has 2 unspecified atom stereocenters. The van der Waals surface area contributed by atoms with Gasteiger partial charge in [0.2, 0.25) is 5.91 Å². The first-order valence-corrected chi connectivity index (χ1v) is 7.62. The predicted octanol–water partition coefficient (Wildman–Crippen LogP) is 3.10. The van der Waals surface area contributed by atoms with E-state index >= 15 is 0 Å². The van der Waals surface area contributed by atoms with Crippen molar-refractivity contribution in [3.63, 3.8) is 0 Å². The normalized spacial score (nSPS) is 20.4. The van der Waals surface area contributed by atoms with E-state index in [4.69, 9.17) is 0 Å². The van der Waals surface area contributed by atoms with E-state index in [2.05, 4.69) is 21.2 Å². The Labute approximate surface area is 127 Å². The van der Waals surface area contributed by atoms with Crippen LogP contribution in [-0.4, -0.2) is 28.8 Å². The molecule has 1 aliphatic heterocycles. The summed E-state index contributed by atoms with van der Waals surface area (Å²) < 4.78 is 0.984. The molecule has 4 nitrogen and oxygen atoms in total. The van der Waals surface area contributed by atoms with Gasteiger partial charge in [0.1, 0.15) is 6.04 Å². The number of rotatable bonds is 4. The summed E-state index contributed by atoms with van der Waals surface area (Å²) in [7, 11) is 0. The fraction of sp³-hybridized carbons (Fsp3) is 0.467. The zero-order valence-corrected chi connectivity index (χ0v) is 13.5. The largest absolute Gasteiger partial charge is 0.373 e. The summed E-state index contributed by atoms with van der Waals surface area (Å²) in [6.07, 6.45) is 1.01. The SMILES string of the molecule is CCC(C)N1C(=O)CC(Nc2ccc(C)c(Br)c2)C1=O. The Morgan fingerprint density at radius 2 is 2.15 bits per heavy atom. The average Bonchev–Trinajstić information content (AvgIpc) is 2.68. The van der Waals surface area contributed by atoms with E-state index in [-0.39, 0.29) is 24.3 Å². The molecule has 2 amide bonds. The van der Waals surface area contributed by atoms with Crippen molar-refractivity contribution in [3.05, 3.63) is 28.2 Å². The first-order valence-electron chi connectivity index (χ1n) is 6.82. The van der Waals surface area contributed by atoms with Gasteiger partial charge in [0.25, 0.3) is 5.91 Å². The highest BCUT2D eigenvalue weighted by molar-refractivity contribution is 9.10. The molecule has 0 spiro atoms. The van der Waals surface area contributed by atoms with Gasteiger partial charge < -0.3 is 5.32 Å². The zero-order valence-electron chi connectivity index (χ0n) is 11.9. The molecule has 1 aromatic carbocycles. The van der Waals surface area contributed by atoms with Gasteiger partial charge in [0, 0.05) is 16.2 Å². The highest BCUT2D eigenvalue weighted by Crippen LogP contribution is 2.25. The Kier molecular flexibility index (Phi) is 4.48. The molecule has 0 bridgehead atoms. The predicted molar refractivity (Wildman–Crippen MR) is 82.5 cm³/mol. The van der Waals surface area contributed by atoms with Crippen LogP contribution in [0.25, 0.3) is 0 Å². The van der Waals surface area contributed by atoms with Crippen molar-refractivity contribution in [1.82, 2.24) is 4.90 Å². The summed E-state index contributed by atoms with van der Waals surface area (Å²) >= 11 is 3.47. The number of nitrogens with one attached hydrogen (secondary N) is 1. The molecule has 1 aliphatic rings. The summed E-state index contributed by atoms with van der Waals surface area (Å²) in [5.41, 5.74) is 1.98. The van der Waals surface area contributed by atoms with Crippen molar-refractivity contribution < 1.29 is 9.59 Å². The van der Waals surface area contributed by atoms with Crippen LogP contribution in [0.2, 0.25) is 0 Å². The Morgan fingerprint density at radius 3 is 2.75 bits per heavy atom. The van der Waals surface area contributed by atoms with Crippen LogP contribution in [0.4, 0.5) is 5.69 Å². The lowest BCUT2D eigenvalue weighted by atomic mass is 10.2. The van der Waals surface area contributed by atoms with Crippen LogP contribution in [0, 0.1) is 6.92 Å². The summed E-state index contributed by atoms with van der Waals surface area (Å²) in [6.45, 7) is 5.88. The van der Waals surface area contributed by atoms with Gasteiger partial charge in [-0.05, 0) is 38.0 Å². The molecule has 0 aromatic heterocycles. The fourth-order valence-corrected chi connectivity index (χ4v) is 2.67. The van der Waals surface area contributed by atoms with Crippen LogP contribution < -0.4 is 5.32 Å². The molecule has 1 heterocycles. The lowest BCUT2D eigenvalue weighted by Crippen LogP contribution is -2.40. The molecular formula is C15H19BrN2O2. The number of anilines is 1. The molecule has 2 atom stereocenters. The highest BCUT2D eigenvalue weighted by Gasteiger charge is 2.40. The van der Waals surface area contributed by atoms with Crippen LogP contribution in [0.1, 0.15) is 32.3 Å². The number of carbonyl (C=O) groups is 2. The Morgan fingerprint density at radius 1 is 1.45 bits per heavy atom. The Hall–Kier alpha value is -1.36. The third kappa shape index (κ3) is 2.87. The highest BCUT2D eigenvalue weighted by atomic mass is 79.9. The molecule has 1 fully saturated rings. The number of aryl methyl sites for hydroxylation is 1. The molecule has 2 rings (SSSR count). The number of halogens is 1. The van der Waals surface area contributed by atoms with E-state index in [0.717, 1.165) is 22.1 Å². The van der Waals surface area contributed by atoms with E-state index < -0.39 is 6.04 Å². The summed E-state index contributed by atoms with van der Waals surface area (Å²) in [5.74, 6) is -0.214. The smallest absolute Gasteiger partial charge is 0.252 e. The van der Waals surface area contributed by atoms with Gasteiger partial charge in [-0.15, -0.1) is 0 Å². The van der Waals surface area contributed by atoms with Crippen molar-refractivity contribution >= 4 is 33.4 Å². The molecule has 1 aromatic rings. The van der Waals surface area contributed by atoms with Gasteiger partial charge in [0.15, 0.2) is 0 Å². The molecule has 0 aliphatic carbocycles. The second kappa shape index (κ2) is 5.95. The van der Waals surface area contributed by atoms with Crippen molar-refractivity contribution in [1.29, 1.82) is 0 Å². The van der Waals surface area contributed by atoms with Gasteiger partial charge in [-0.1, -0.05) is 28.9 Å². The van der Waals surface area contributed by atoms with Gasteiger partial charge in [-0.3, -0.25) is 14.5 Å². The van der Waals surface area contributed by atoms with Crippen molar-refractivity contribution in [2.75, 3.05) is 5.32 Å². The molecule has 1 saturated heterocycles. The van der Waals surface area contributed by atoms with Gasteiger partial charge in [0.05, 0.1) is 6.42 Å². The topological polar surface area (TPSA) is 49.4 Å². The maximum Gasteiger partial charge on any atom is 0.252 e. The number of imide groups is 1. The lowest BCUT2D eigenvalue weighted by Gasteiger charge is -2.22. The van der Waals surface area contributed by atoms with E-state index in [1.807, 2.05) is 39.0 Å². The second-order valence-electron chi connectivity index (χ2n) is 5.22. The average molecular weight is 339 g/mol. The van der Waals surface area contributed by atoms with Gasteiger partial charge >= 0.3 is 0 Å². The number of carbonyl (C=O) groups excluding carboxylic acids is 2. The number of benzene rings is 1. The first-order chi connectivity index (χ1) is 9.43. The van der Waals surface area contributed by atoms with Gasteiger partial charge in [-0.25, -0.2) is 0 Å². The zero-order chi connectivity index (χ0) is 14.9. The fourth-order valence-electron chi connectivity index (χ4n) is 2.29. The summed E-state index contributed by atoms with van der Waals surface area (Å²) in [5, 5.41) is 3.16. The minimum Gasteiger partial charge on any atom is -0.373 e. The molecular weight excluding hydrogens is 320 g/mol. The van der Waals surface area contributed by atoms with Crippen molar-refractivity contribution in [2.45, 2.75) is 45.7 Å². The summed E-state index contributed by atoms with van der Waals surface area (Å²) in [6, 6.07) is 5.33. The van der Waals surface area contributed by atoms with Crippen molar-refractivity contribution in [3.8, 4) is 0 Å². The molecule has 0 radical (unpaired) electrons. The number of amides is 2. The van der Waals surface area contributed by atoms with Crippen LogP contribution in [-0.2, 0) is 9.59 Å². The monoisotopic (exact) mass is 338 g/mol. The van der Waals surface area contributed by atoms with E-state index in [1.54, 1.807) is 0 Å². The van der Waals surface area contributed by atoms with E-state index in [9.17, 15) is 9.59 Å². The third-order valence-corrected chi connectivity index (χ3v) is 4.58. The number of nitrogens with zero attached hydrogens (tertiary/aromatic N) is 1. The summed E-state index contributed by atoms with van der Waals surface area (Å²) in [4.78, 5) is 25.7. The van der Waals surface area contributed by atoms with Crippen LogP contribution >= 0.6 is 15.9 Å². The molecule has 1 N–H and O–H groups in total. The van der Waals surface area contributed by atoms with Crippen LogP contribution in [0.5, 0.6) is 0 Å². The third-order valence-electron chi connectivity index (χ3n) is 3.73. The first kappa shape index (κ1) is 15.0. The maximum atomic E-state index is 12.3. The molecule has 108 valence electrons. The van der Waals surface area contributed by atoms with E-state index in [0.29, 0.717) is 0 Å². The standard InChI is InChI=1S/C15H19BrN2O2/c1-4-10(3)18-14(19)8-13(15(18)20)17-11-6-5-9(2)12(16)7-11/h5-7,10,13,17H,4,8H2,1-3H3. The molecule has 0 saturated carbocycles. The molecule has 20 heavy (non-hydrogen) atoms. The van der Waals surface area contributed by atoms with Crippen LogP contribution in [0.3, 0.4) is 0 Å². The minimum absolute atomic E-state index is 0.0356. The van der Waals surface area contributed by atoms with Crippen molar-refractivity contribution in [2.24, 2.45) is 0 Å². The van der Waals surface area contributed by atoms with Crippen LogP contribution in [0.15, 0.2) is 22.7 Å². The maximum absolute atomic E-state index is 12.3. The Bertz CT molecular complexity index is 545. The molecule has 5 heteroatoms. The second-order valence-corrected chi connectivity index (χ2v) is 6.08.